The molecule has 21 atom stereocenters. The van der Waals surface area contributed by atoms with Gasteiger partial charge in [-0.25, -0.2) is 0 Å². The summed E-state index contributed by atoms with van der Waals surface area (Å²) in [5.74, 6) is -0.283. The van der Waals surface area contributed by atoms with Crippen LogP contribution in [0.4, 0.5) is 0 Å². The van der Waals surface area contributed by atoms with Crippen molar-refractivity contribution in [3.63, 3.8) is 0 Å². The molecule has 882 valence electrons. The van der Waals surface area contributed by atoms with Gasteiger partial charge in [-0.2, -0.15) is 0 Å². The number of esters is 1. The van der Waals surface area contributed by atoms with Crippen molar-refractivity contribution in [2.45, 2.75) is 281 Å². The molecule has 0 rings (SSSR count). The van der Waals surface area contributed by atoms with Crippen LogP contribution in [0.15, 0.2) is 0 Å². The molecule has 0 heterocycles. The molecule has 0 aromatic rings. The molecule has 0 aliphatic rings. The molecular formula is C105H210O42. The molecule has 1 N–H and O–H groups in total. The highest BCUT2D eigenvalue weighted by molar-refractivity contribution is 5.71. The van der Waals surface area contributed by atoms with Crippen LogP contribution in [-0.2, 0) is 194 Å². The first-order valence-electron chi connectivity index (χ1n) is 54.2. The van der Waals surface area contributed by atoms with Gasteiger partial charge in [0, 0.05) is 0 Å². The van der Waals surface area contributed by atoms with Gasteiger partial charge in [0.05, 0.1) is 518 Å². The molecule has 0 aromatic carbocycles. The molecule has 0 aliphatic heterocycles. The number of hydrogen-bond acceptors (Lipinski definition) is 42. The van der Waals surface area contributed by atoms with Gasteiger partial charge in [0.15, 0.2) is 0 Å². The molecule has 0 radical (unpaired) electrons. The zero-order valence-electron chi connectivity index (χ0n) is 94.9. The Morgan fingerprint density at radius 1 is 0.143 bits per heavy atom. The van der Waals surface area contributed by atoms with E-state index in [-0.39, 0.29) is 147 Å². The van der Waals surface area contributed by atoms with Crippen molar-refractivity contribution in [2.24, 2.45) is 5.92 Å². The van der Waals surface area contributed by atoms with Gasteiger partial charge in [-0.15, -0.1) is 0 Å². The smallest absolute Gasteiger partial charge is 0.308 e. The normalized spacial score (nSPS) is 16.5. The first kappa shape index (κ1) is 145. The molecule has 0 fully saturated rings. The van der Waals surface area contributed by atoms with E-state index in [9.17, 15) is 4.79 Å². The number of carbonyl (C=O) groups excluding carboxylic acids is 1. The van der Waals surface area contributed by atoms with E-state index in [0.29, 0.717) is 383 Å². The number of ether oxygens (including phenoxy) is 40. The number of rotatable bonds is 121. The van der Waals surface area contributed by atoms with Gasteiger partial charge >= 0.3 is 5.97 Å². The minimum absolute atomic E-state index is 0.0122. The van der Waals surface area contributed by atoms with Crippen molar-refractivity contribution in [3.8, 4) is 0 Å². The van der Waals surface area contributed by atoms with E-state index in [4.69, 9.17) is 195 Å². The molecule has 0 aliphatic carbocycles. The molecule has 0 saturated heterocycles. The summed E-state index contributed by atoms with van der Waals surface area (Å²) in [5, 5.41) is 8.66. The zero-order chi connectivity index (χ0) is 108. The van der Waals surface area contributed by atoms with Gasteiger partial charge in [-0.05, 0) is 145 Å². The summed E-state index contributed by atoms with van der Waals surface area (Å²) in [6.45, 7) is 69.6. The quantitative estimate of drug-likeness (QED) is 0.0438. The molecule has 42 nitrogen and oxygen atoms in total. The Kier molecular flexibility index (Phi) is 106. The first-order chi connectivity index (χ1) is 71.1. The third kappa shape index (κ3) is 107. The summed E-state index contributed by atoms with van der Waals surface area (Å²) in [6.07, 6.45) is -1.87. The number of carbonyl (C=O) groups is 1. The van der Waals surface area contributed by atoms with Crippen LogP contribution in [0.1, 0.15) is 159 Å². The summed E-state index contributed by atoms with van der Waals surface area (Å²) in [5.41, 5.74) is 0. The minimum Gasteiger partial charge on any atom is -0.463 e. The van der Waals surface area contributed by atoms with Crippen LogP contribution < -0.4 is 0 Å². The second kappa shape index (κ2) is 108. The molecule has 0 aromatic heterocycles. The Hall–Kier alpha value is -2.13. The van der Waals surface area contributed by atoms with Crippen LogP contribution in [0.2, 0.25) is 0 Å². The number of aliphatic hydroxyl groups excluding tert-OH is 1. The van der Waals surface area contributed by atoms with Crippen LogP contribution >= 0.6 is 0 Å². The van der Waals surface area contributed by atoms with Gasteiger partial charge in [0.2, 0.25) is 0 Å². The summed E-state index contributed by atoms with van der Waals surface area (Å²) in [7, 11) is 0. The molecule has 42 heteroatoms. The van der Waals surface area contributed by atoms with Crippen LogP contribution in [0.25, 0.3) is 0 Å². The average molecular weight is 2140 g/mol. The van der Waals surface area contributed by atoms with E-state index in [2.05, 4.69) is 0 Å². The van der Waals surface area contributed by atoms with E-state index in [1.807, 2.05) is 152 Å². The van der Waals surface area contributed by atoms with Crippen molar-refractivity contribution in [3.05, 3.63) is 0 Å². The molecule has 0 saturated carbocycles. The maximum absolute atomic E-state index is 11.6. The van der Waals surface area contributed by atoms with Crippen molar-refractivity contribution in [2.75, 3.05) is 396 Å². The summed E-state index contributed by atoms with van der Waals surface area (Å²) >= 11 is 0. The Morgan fingerprint density at radius 2 is 0.252 bits per heavy atom. The molecular weight excluding hydrogens is 1930 g/mol. The van der Waals surface area contributed by atoms with Gasteiger partial charge in [0.25, 0.3) is 0 Å². The lowest BCUT2D eigenvalue weighted by atomic mass is 10.1. The molecule has 0 amide bonds. The predicted molar refractivity (Wildman–Crippen MR) is 551 cm³/mol. The highest BCUT2D eigenvalue weighted by Crippen LogP contribution is 2.13. The third-order valence-electron chi connectivity index (χ3n) is 20.7. The fourth-order valence-electron chi connectivity index (χ4n) is 11.6. The number of aliphatic hydroxyl groups is 1. The topological polar surface area (TPSA) is 407 Å². The van der Waals surface area contributed by atoms with E-state index in [1.165, 1.54) is 0 Å². The summed E-state index contributed by atoms with van der Waals surface area (Å²) in [6, 6.07) is 0. The predicted octanol–water partition coefficient (Wildman–Crippen LogP) is 8.99. The van der Waals surface area contributed by atoms with Gasteiger partial charge in [0.1, 0.15) is 6.61 Å². The van der Waals surface area contributed by atoms with Gasteiger partial charge in [-0.1, -0.05) is 13.8 Å². The maximum Gasteiger partial charge on any atom is 0.308 e. The van der Waals surface area contributed by atoms with E-state index < -0.39 is 0 Å². The van der Waals surface area contributed by atoms with E-state index in [1.54, 1.807) is 0 Å². The maximum atomic E-state index is 11.6. The second-order valence-electron chi connectivity index (χ2n) is 36.7. The SMILES string of the molecule is CCC(C)C(=O)OCCOCCOCCOCCOCCOCCOCCOCCOCCOCCOCC(C)OCC(C)OCC(C)OCC(C)OCC(C)OCC(C)OCC(C)OCC(C)OCC(C)OCC(C)OCC(C)OCC(C)OCC(C)OCC(C)OCC(C)OCC(C)OCC(C)OCC(C)OCC(C)OCC(C)OCCOCCOCCOCCOCCOCCOCCOCCOCCOCCO. The van der Waals surface area contributed by atoms with Crippen molar-refractivity contribution < 1.29 is 199 Å². The molecule has 0 bridgehead atoms. The summed E-state index contributed by atoms with van der Waals surface area (Å²) < 4.78 is 230. The van der Waals surface area contributed by atoms with Crippen molar-refractivity contribution in [1.29, 1.82) is 0 Å². The Labute approximate surface area is 884 Å². The lowest BCUT2D eigenvalue weighted by Crippen LogP contribution is -2.31. The van der Waals surface area contributed by atoms with E-state index >= 15 is 0 Å². The second-order valence-corrected chi connectivity index (χ2v) is 36.7. The van der Waals surface area contributed by atoms with Gasteiger partial charge in [-0.3, -0.25) is 4.79 Å². The Bertz CT molecular complexity index is 2580. The Balaban J connectivity index is 3.83. The minimum atomic E-state index is -0.193. The standard InChI is InChI=1S/C105H210O42/c1-23-84(2)105(107)128-63-61-125-57-55-122-51-49-119-45-43-116-39-37-113-34-35-114-40-41-117-46-47-120-52-53-123-58-59-126-64-85(3)129-66-87(5)131-68-89(7)133-70-91(9)135-72-93(11)137-74-95(13)139-76-97(15)141-78-99(17)143-80-101(19)145-82-103(21)147-83-104(22)146-81-102(20)144-79-100(18)142-77-98(16)140-75-96(14)138-73-94(12)136-71-92(10)134-69-90(8)132-67-88(6)130-65-86(4)127-62-60-124-56-54-121-50-48-118-44-42-115-38-36-112-33-32-111-31-30-110-29-28-109-27-26-108-25-24-106/h84-104,106H,23-83H2,1-22H3. The van der Waals surface area contributed by atoms with Crippen molar-refractivity contribution >= 4 is 5.97 Å². The monoisotopic (exact) mass is 2140 g/mol. The fraction of sp³-hybridized carbons (Fsp3) is 0.990. The zero-order valence-corrected chi connectivity index (χ0v) is 94.9. The van der Waals surface area contributed by atoms with E-state index in [0.717, 1.165) is 6.42 Å². The first-order valence-corrected chi connectivity index (χ1v) is 54.2. The number of hydrogen-bond donors (Lipinski definition) is 1. The lowest BCUT2D eigenvalue weighted by molar-refractivity contribution is -0.149. The van der Waals surface area contributed by atoms with Crippen LogP contribution in [0.5, 0.6) is 0 Å². The lowest BCUT2D eigenvalue weighted by Gasteiger charge is -2.24. The fourth-order valence-corrected chi connectivity index (χ4v) is 11.6. The largest absolute Gasteiger partial charge is 0.463 e. The molecule has 21 unspecified atom stereocenters. The highest BCUT2D eigenvalue weighted by atomic mass is 16.7. The van der Waals surface area contributed by atoms with Gasteiger partial charge < -0.3 is 195 Å². The van der Waals surface area contributed by atoms with Crippen LogP contribution in [0, 0.1) is 5.92 Å². The summed E-state index contributed by atoms with van der Waals surface area (Å²) in [4.78, 5) is 11.6. The van der Waals surface area contributed by atoms with Crippen LogP contribution in [-0.4, -0.2) is 530 Å². The Morgan fingerprint density at radius 3 is 0.388 bits per heavy atom. The third-order valence-corrected chi connectivity index (χ3v) is 20.7. The van der Waals surface area contributed by atoms with Crippen molar-refractivity contribution in [1.82, 2.24) is 0 Å². The average Bonchev–Trinajstić information content (AvgIpc) is 0.963. The van der Waals surface area contributed by atoms with Crippen LogP contribution in [0.3, 0.4) is 0 Å². The molecule has 0 spiro atoms. The highest BCUT2D eigenvalue weighted by Gasteiger charge is 2.22. The molecule has 147 heavy (non-hydrogen) atoms.